The molecular formula is C15H22N2O2. The van der Waals surface area contributed by atoms with Gasteiger partial charge in [0.1, 0.15) is 0 Å². The molecule has 0 aromatic heterocycles. The van der Waals surface area contributed by atoms with Crippen LogP contribution in [-0.4, -0.2) is 43.2 Å². The van der Waals surface area contributed by atoms with Crippen molar-refractivity contribution in [2.75, 3.05) is 26.3 Å². The Hall–Kier alpha value is -1.39. The van der Waals surface area contributed by atoms with Gasteiger partial charge in [0.05, 0.1) is 19.3 Å². The topological polar surface area (TPSA) is 55.6 Å². The van der Waals surface area contributed by atoms with E-state index in [9.17, 15) is 4.79 Å². The molecule has 1 heterocycles. The minimum atomic E-state index is 0.0405. The van der Waals surface area contributed by atoms with Crippen molar-refractivity contribution in [3.63, 3.8) is 0 Å². The molecule has 1 aliphatic heterocycles. The van der Waals surface area contributed by atoms with E-state index in [4.69, 9.17) is 10.5 Å². The molecular weight excluding hydrogens is 240 g/mol. The lowest BCUT2D eigenvalue weighted by Crippen LogP contribution is -2.52. The lowest BCUT2D eigenvalue weighted by Gasteiger charge is -2.35. The molecule has 0 radical (unpaired) electrons. The van der Waals surface area contributed by atoms with Crippen molar-refractivity contribution >= 4 is 5.91 Å². The van der Waals surface area contributed by atoms with Gasteiger partial charge in [-0.2, -0.15) is 0 Å². The van der Waals surface area contributed by atoms with Gasteiger partial charge in [0.25, 0.3) is 0 Å². The minimum Gasteiger partial charge on any atom is -0.377 e. The van der Waals surface area contributed by atoms with Gasteiger partial charge in [-0.05, 0) is 18.9 Å². The molecule has 2 N–H and O–H groups in total. The number of morpholine rings is 1. The summed E-state index contributed by atoms with van der Waals surface area (Å²) < 4.78 is 5.36. The quantitative estimate of drug-likeness (QED) is 0.884. The average Bonchev–Trinajstić information content (AvgIpc) is 2.45. The van der Waals surface area contributed by atoms with Gasteiger partial charge in [-0.15, -0.1) is 0 Å². The van der Waals surface area contributed by atoms with Crippen molar-refractivity contribution in [2.45, 2.75) is 25.8 Å². The summed E-state index contributed by atoms with van der Waals surface area (Å²) in [5.74, 6) is 0.181. The van der Waals surface area contributed by atoms with Gasteiger partial charge in [0, 0.05) is 19.5 Å². The number of aryl methyl sites for hydroxylation is 2. The predicted octanol–water partition coefficient (Wildman–Crippen LogP) is 1.11. The largest absolute Gasteiger partial charge is 0.377 e. The molecule has 0 saturated carbocycles. The fraction of sp³-hybridized carbons (Fsp3) is 0.533. The Morgan fingerprint density at radius 1 is 1.53 bits per heavy atom. The first-order valence-electron chi connectivity index (χ1n) is 6.83. The molecule has 1 unspecified atom stereocenters. The van der Waals surface area contributed by atoms with Crippen LogP contribution in [-0.2, 0) is 16.0 Å². The van der Waals surface area contributed by atoms with E-state index >= 15 is 0 Å². The average molecular weight is 262 g/mol. The van der Waals surface area contributed by atoms with Crippen LogP contribution in [0.15, 0.2) is 24.3 Å². The lowest BCUT2D eigenvalue weighted by molar-refractivity contribution is -0.139. The van der Waals surface area contributed by atoms with Crippen molar-refractivity contribution in [3.8, 4) is 0 Å². The van der Waals surface area contributed by atoms with Gasteiger partial charge in [0.2, 0.25) is 5.91 Å². The molecule has 1 saturated heterocycles. The van der Waals surface area contributed by atoms with Crippen molar-refractivity contribution < 1.29 is 9.53 Å². The first kappa shape index (κ1) is 14.0. The summed E-state index contributed by atoms with van der Waals surface area (Å²) in [5, 5.41) is 0. The second kappa shape index (κ2) is 6.68. The molecule has 1 aromatic rings. The fourth-order valence-corrected chi connectivity index (χ4v) is 2.44. The summed E-state index contributed by atoms with van der Waals surface area (Å²) >= 11 is 0. The number of nitrogens with two attached hydrogens (primary N) is 1. The summed E-state index contributed by atoms with van der Waals surface area (Å²) in [4.78, 5) is 14.1. The maximum absolute atomic E-state index is 12.2. The van der Waals surface area contributed by atoms with E-state index < -0.39 is 0 Å². The van der Waals surface area contributed by atoms with Gasteiger partial charge < -0.3 is 15.4 Å². The number of amides is 1. The molecule has 4 heteroatoms. The van der Waals surface area contributed by atoms with E-state index in [1.807, 2.05) is 11.0 Å². The van der Waals surface area contributed by atoms with E-state index in [1.165, 1.54) is 11.1 Å². The molecule has 1 atom stereocenters. The summed E-state index contributed by atoms with van der Waals surface area (Å²) in [7, 11) is 0. The Balaban J connectivity index is 1.89. The third-order valence-electron chi connectivity index (χ3n) is 3.53. The third kappa shape index (κ3) is 3.78. The van der Waals surface area contributed by atoms with Crippen molar-refractivity contribution in [1.82, 2.24) is 4.90 Å². The van der Waals surface area contributed by atoms with Crippen LogP contribution in [0.25, 0.3) is 0 Å². The maximum Gasteiger partial charge on any atom is 0.223 e. The fourth-order valence-electron chi connectivity index (χ4n) is 2.44. The number of hydrogen-bond acceptors (Lipinski definition) is 3. The van der Waals surface area contributed by atoms with Gasteiger partial charge in [-0.3, -0.25) is 4.79 Å². The van der Waals surface area contributed by atoms with Crippen LogP contribution >= 0.6 is 0 Å². The number of rotatable bonds is 4. The highest BCUT2D eigenvalue weighted by molar-refractivity contribution is 5.77. The van der Waals surface area contributed by atoms with Crippen LogP contribution in [0.3, 0.4) is 0 Å². The van der Waals surface area contributed by atoms with E-state index in [0.717, 1.165) is 6.42 Å². The molecule has 1 fully saturated rings. The van der Waals surface area contributed by atoms with Gasteiger partial charge in [-0.1, -0.05) is 29.8 Å². The first-order valence-corrected chi connectivity index (χ1v) is 6.83. The highest BCUT2D eigenvalue weighted by atomic mass is 16.5. The highest BCUT2D eigenvalue weighted by Gasteiger charge is 2.25. The van der Waals surface area contributed by atoms with Gasteiger partial charge in [0.15, 0.2) is 0 Å². The number of hydrogen-bond donors (Lipinski definition) is 1. The number of carbonyl (C=O) groups is 1. The zero-order chi connectivity index (χ0) is 13.7. The second-order valence-corrected chi connectivity index (χ2v) is 5.04. The standard InChI is InChI=1S/C15H22N2O2/c1-12-3-2-4-13(9-12)5-6-15(18)17-7-8-19-11-14(17)10-16/h2-4,9,14H,5-8,10-11,16H2,1H3. The summed E-state index contributed by atoms with van der Waals surface area (Å²) in [6, 6.07) is 8.34. The summed E-state index contributed by atoms with van der Waals surface area (Å²) in [6.07, 6.45) is 1.33. The molecule has 104 valence electrons. The molecule has 2 rings (SSSR count). The summed E-state index contributed by atoms with van der Waals surface area (Å²) in [5.41, 5.74) is 8.13. The van der Waals surface area contributed by atoms with Gasteiger partial charge in [-0.25, -0.2) is 0 Å². The molecule has 1 aromatic carbocycles. The zero-order valence-electron chi connectivity index (χ0n) is 11.5. The predicted molar refractivity (Wildman–Crippen MR) is 74.9 cm³/mol. The normalized spacial score (nSPS) is 19.5. The van der Waals surface area contributed by atoms with Crippen LogP contribution in [0.2, 0.25) is 0 Å². The van der Waals surface area contributed by atoms with E-state index in [2.05, 4.69) is 25.1 Å². The van der Waals surface area contributed by atoms with Crippen LogP contribution in [0.4, 0.5) is 0 Å². The lowest BCUT2D eigenvalue weighted by atomic mass is 10.1. The first-order chi connectivity index (χ1) is 9.20. The minimum absolute atomic E-state index is 0.0405. The number of nitrogens with zero attached hydrogens (tertiary/aromatic N) is 1. The monoisotopic (exact) mass is 262 g/mol. The molecule has 4 nitrogen and oxygen atoms in total. The summed E-state index contributed by atoms with van der Waals surface area (Å²) in [6.45, 7) is 4.38. The van der Waals surface area contributed by atoms with E-state index in [1.54, 1.807) is 0 Å². The molecule has 0 spiro atoms. The highest BCUT2D eigenvalue weighted by Crippen LogP contribution is 2.11. The maximum atomic E-state index is 12.2. The molecule has 1 aliphatic rings. The van der Waals surface area contributed by atoms with Crippen molar-refractivity contribution in [3.05, 3.63) is 35.4 Å². The number of benzene rings is 1. The molecule has 1 amide bonds. The molecule has 19 heavy (non-hydrogen) atoms. The Morgan fingerprint density at radius 2 is 2.37 bits per heavy atom. The van der Waals surface area contributed by atoms with E-state index in [-0.39, 0.29) is 11.9 Å². The van der Waals surface area contributed by atoms with Gasteiger partial charge >= 0.3 is 0 Å². The number of ether oxygens (including phenoxy) is 1. The van der Waals surface area contributed by atoms with Crippen LogP contribution < -0.4 is 5.73 Å². The Morgan fingerprint density at radius 3 is 3.11 bits per heavy atom. The SMILES string of the molecule is Cc1cccc(CCC(=O)N2CCOCC2CN)c1. The smallest absolute Gasteiger partial charge is 0.223 e. The Bertz CT molecular complexity index is 434. The van der Waals surface area contributed by atoms with Crippen LogP contribution in [0.1, 0.15) is 17.5 Å². The van der Waals surface area contributed by atoms with Crippen LogP contribution in [0.5, 0.6) is 0 Å². The Kier molecular flexibility index (Phi) is 4.93. The van der Waals surface area contributed by atoms with Crippen LogP contribution in [0, 0.1) is 6.92 Å². The van der Waals surface area contributed by atoms with E-state index in [0.29, 0.717) is 32.7 Å². The molecule has 0 aliphatic carbocycles. The number of carbonyl (C=O) groups excluding carboxylic acids is 1. The van der Waals surface area contributed by atoms with Crippen molar-refractivity contribution in [1.29, 1.82) is 0 Å². The zero-order valence-corrected chi connectivity index (χ0v) is 11.5. The Labute approximate surface area is 114 Å². The second-order valence-electron chi connectivity index (χ2n) is 5.04. The third-order valence-corrected chi connectivity index (χ3v) is 3.53. The van der Waals surface area contributed by atoms with Crippen molar-refractivity contribution in [2.24, 2.45) is 5.73 Å². The molecule has 0 bridgehead atoms.